The van der Waals surface area contributed by atoms with Crippen LogP contribution in [-0.4, -0.2) is 87.5 Å². The molecule has 7 unspecified atom stereocenters. The van der Waals surface area contributed by atoms with E-state index in [0.717, 1.165) is 32.1 Å². The minimum Gasteiger partial charge on any atom is -0.394 e. The number of ether oxygens (including phenoxy) is 2. The van der Waals surface area contributed by atoms with E-state index in [-0.39, 0.29) is 12.5 Å². The van der Waals surface area contributed by atoms with E-state index in [1.807, 2.05) is 13.0 Å². The number of rotatable bonds is 28. The van der Waals surface area contributed by atoms with E-state index < -0.39 is 49.5 Å². The molecule has 0 aromatic carbocycles. The van der Waals surface area contributed by atoms with Gasteiger partial charge in [0.25, 0.3) is 0 Å². The lowest BCUT2D eigenvalue weighted by Crippen LogP contribution is -2.60. The first-order chi connectivity index (χ1) is 21.3. The minimum absolute atomic E-state index is 0.188. The van der Waals surface area contributed by atoms with Gasteiger partial charge in [-0.15, -0.1) is 0 Å². The van der Waals surface area contributed by atoms with Crippen molar-refractivity contribution in [2.45, 2.75) is 192 Å². The highest BCUT2D eigenvalue weighted by Crippen LogP contribution is 2.22. The number of hydrogen-bond donors (Lipinski definition) is 6. The Morgan fingerprint density at radius 1 is 0.750 bits per heavy atom. The van der Waals surface area contributed by atoms with Crippen LogP contribution in [0.4, 0.5) is 0 Å². The number of amides is 1. The fourth-order valence-electron chi connectivity index (χ4n) is 5.63. The monoisotopic (exact) mass is 629 g/mol. The Morgan fingerprint density at radius 2 is 1.25 bits per heavy atom. The van der Waals surface area contributed by atoms with Crippen molar-refractivity contribution in [3.05, 3.63) is 12.2 Å². The van der Waals surface area contributed by atoms with Crippen LogP contribution in [0.2, 0.25) is 0 Å². The van der Waals surface area contributed by atoms with Crippen molar-refractivity contribution in [1.29, 1.82) is 0 Å². The Labute approximate surface area is 267 Å². The highest BCUT2D eigenvalue weighted by molar-refractivity contribution is 5.76. The van der Waals surface area contributed by atoms with E-state index in [1.165, 1.54) is 96.3 Å². The number of nitrogens with one attached hydrogen (secondary N) is 1. The van der Waals surface area contributed by atoms with Gasteiger partial charge < -0.3 is 40.3 Å². The molecule has 1 heterocycles. The normalized spacial score (nSPS) is 23.7. The topological polar surface area (TPSA) is 149 Å². The fraction of sp³-hybridized carbons (Fsp3) is 0.914. The lowest BCUT2D eigenvalue weighted by molar-refractivity contribution is -0.302. The third kappa shape index (κ3) is 18.8. The molecule has 0 spiro atoms. The van der Waals surface area contributed by atoms with Crippen molar-refractivity contribution in [2.24, 2.45) is 0 Å². The average Bonchev–Trinajstić information content (AvgIpc) is 3.02. The van der Waals surface area contributed by atoms with Crippen molar-refractivity contribution in [1.82, 2.24) is 5.32 Å². The smallest absolute Gasteiger partial charge is 0.220 e. The fourth-order valence-corrected chi connectivity index (χ4v) is 5.63. The van der Waals surface area contributed by atoms with Gasteiger partial charge in [-0.3, -0.25) is 4.79 Å². The first-order valence-electron chi connectivity index (χ1n) is 17.9. The Bertz CT molecular complexity index is 706. The van der Waals surface area contributed by atoms with E-state index in [2.05, 4.69) is 12.2 Å². The standard InChI is InChI=1S/C35H67NO8/c1-3-5-7-8-9-10-11-12-13-14-15-16-17-18-19-20-21-23-25-31(39)36-28(29(38)24-22-6-4-2)27-43-35-34(42)33(41)32(40)30(26-37)44-35/h22,24,28-30,32-35,37-38,40-42H,3-21,23,25-27H2,1-2H3,(H,36,39)/b24-22+. The predicted molar refractivity (Wildman–Crippen MR) is 175 cm³/mol. The van der Waals surface area contributed by atoms with Crippen LogP contribution in [0.5, 0.6) is 0 Å². The summed E-state index contributed by atoms with van der Waals surface area (Å²) in [5.74, 6) is -0.188. The third-order valence-corrected chi connectivity index (χ3v) is 8.59. The molecular formula is C35H67NO8. The van der Waals surface area contributed by atoms with Crippen LogP contribution in [0.1, 0.15) is 149 Å². The van der Waals surface area contributed by atoms with Gasteiger partial charge >= 0.3 is 0 Å². The van der Waals surface area contributed by atoms with Crippen LogP contribution < -0.4 is 5.32 Å². The summed E-state index contributed by atoms with van der Waals surface area (Å²) in [6.45, 7) is 3.54. The maximum absolute atomic E-state index is 12.7. The second kappa shape index (κ2) is 27.1. The minimum atomic E-state index is -1.56. The van der Waals surface area contributed by atoms with Gasteiger partial charge in [-0.1, -0.05) is 142 Å². The van der Waals surface area contributed by atoms with Crippen LogP contribution in [0, 0.1) is 0 Å². The molecule has 7 atom stereocenters. The summed E-state index contributed by atoms with van der Waals surface area (Å²) in [5.41, 5.74) is 0. The van der Waals surface area contributed by atoms with Crippen LogP contribution in [0.15, 0.2) is 12.2 Å². The van der Waals surface area contributed by atoms with Gasteiger partial charge in [0.1, 0.15) is 24.4 Å². The second-order valence-electron chi connectivity index (χ2n) is 12.7. The second-order valence-corrected chi connectivity index (χ2v) is 12.7. The molecule has 1 fully saturated rings. The van der Waals surface area contributed by atoms with Gasteiger partial charge in [-0.05, 0) is 12.8 Å². The van der Waals surface area contributed by atoms with E-state index in [4.69, 9.17) is 9.47 Å². The van der Waals surface area contributed by atoms with E-state index in [9.17, 15) is 30.3 Å². The van der Waals surface area contributed by atoms with Gasteiger partial charge in [-0.2, -0.15) is 0 Å². The van der Waals surface area contributed by atoms with Gasteiger partial charge in [0.05, 0.1) is 25.4 Å². The van der Waals surface area contributed by atoms with Crippen molar-refractivity contribution in [3.8, 4) is 0 Å². The molecule has 1 amide bonds. The molecule has 0 aromatic heterocycles. The van der Waals surface area contributed by atoms with Crippen molar-refractivity contribution in [2.75, 3.05) is 13.2 Å². The molecule has 0 aliphatic carbocycles. The summed E-state index contributed by atoms with van der Waals surface area (Å²) in [7, 11) is 0. The van der Waals surface area contributed by atoms with Gasteiger partial charge in [0, 0.05) is 6.42 Å². The van der Waals surface area contributed by atoms with Crippen molar-refractivity contribution < 1.29 is 39.8 Å². The first kappa shape index (κ1) is 41.0. The van der Waals surface area contributed by atoms with E-state index in [0.29, 0.717) is 6.42 Å². The van der Waals surface area contributed by atoms with E-state index in [1.54, 1.807) is 6.08 Å². The third-order valence-electron chi connectivity index (χ3n) is 8.59. The molecule has 1 rings (SSSR count). The maximum atomic E-state index is 12.7. The average molecular weight is 630 g/mol. The zero-order valence-corrected chi connectivity index (χ0v) is 27.9. The summed E-state index contributed by atoms with van der Waals surface area (Å²) in [6, 6.07) is -0.793. The Hall–Kier alpha value is -1.07. The molecule has 0 bridgehead atoms. The summed E-state index contributed by atoms with van der Waals surface area (Å²) in [6.07, 6.45) is 20.6. The molecule has 0 aromatic rings. The molecule has 0 saturated carbocycles. The zero-order valence-electron chi connectivity index (χ0n) is 27.9. The summed E-state index contributed by atoms with van der Waals surface area (Å²) in [5, 5.41) is 53.1. The Kier molecular flexibility index (Phi) is 25.2. The largest absolute Gasteiger partial charge is 0.394 e. The van der Waals surface area contributed by atoms with Crippen molar-refractivity contribution in [3.63, 3.8) is 0 Å². The van der Waals surface area contributed by atoms with E-state index >= 15 is 0 Å². The number of unbranched alkanes of at least 4 members (excludes halogenated alkanes) is 18. The lowest BCUT2D eigenvalue weighted by Gasteiger charge is -2.40. The molecule has 1 aliphatic heterocycles. The number of aliphatic hydroxyl groups is 5. The number of aliphatic hydroxyl groups excluding tert-OH is 5. The molecule has 44 heavy (non-hydrogen) atoms. The summed E-state index contributed by atoms with van der Waals surface area (Å²) >= 11 is 0. The predicted octanol–water partition coefficient (Wildman–Crippen LogP) is 5.44. The van der Waals surface area contributed by atoms with Gasteiger partial charge in [-0.25, -0.2) is 0 Å². The molecule has 1 aliphatic rings. The molecule has 6 N–H and O–H groups in total. The lowest BCUT2D eigenvalue weighted by atomic mass is 9.99. The first-order valence-corrected chi connectivity index (χ1v) is 17.9. The maximum Gasteiger partial charge on any atom is 0.220 e. The quantitative estimate of drug-likeness (QED) is 0.0495. The number of allylic oxidation sites excluding steroid dienone is 1. The highest BCUT2D eigenvalue weighted by Gasteiger charge is 2.44. The Balaban J connectivity index is 2.21. The number of carbonyl (C=O) groups is 1. The van der Waals surface area contributed by atoms with Crippen LogP contribution in [-0.2, 0) is 14.3 Å². The van der Waals surface area contributed by atoms with Crippen molar-refractivity contribution >= 4 is 5.91 Å². The SMILES string of the molecule is CCC/C=C/C(O)C(COC1OC(CO)C(O)C(O)C1O)NC(=O)CCCCCCCCCCCCCCCCCCCC. The van der Waals surface area contributed by atoms with Crippen LogP contribution in [0.3, 0.4) is 0 Å². The molecule has 260 valence electrons. The molecule has 0 radical (unpaired) electrons. The van der Waals surface area contributed by atoms with Gasteiger partial charge in [0.15, 0.2) is 6.29 Å². The molecular weight excluding hydrogens is 562 g/mol. The highest BCUT2D eigenvalue weighted by atomic mass is 16.7. The van der Waals surface area contributed by atoms with Crippen LogP contribution >= 0.6 is 0 Å². The summed E-state index contributed by atoms with van der Waals surface area (Å²) in [4.78, 5) is 12.7. The molecule has 9 nitrogen and oxygen atoms in total. The molecule has 9 heteroatoms. The van der Waals surface area contributed by atoms with Crippen LogP contribution in [0.25, 0.3) is 0 Å². The Morgan fingerprint density at radius 3 is 1.73 bits per heavy atom. The summed E-state index contributed by atoms with van der Waals surface area (Å²) < 4.78 is 11.0. The number of hydrogen-bond acceptors (Lipinski definition) is 8. The number of carbonyl (C=O) groups excluding carboxylic acids is 1. The molecule has 1 saturated heterocycles. The van der Waals surface area contributed by atoms with Gasteiger partial charge in [0.2, 0.25) is 5.91 Å². The zero-order chi connectivity index (χ0) is 32.4.